The van der Waals surface area contributed by atoms with Gasteiger partial charge >= 0.3 is 59.7 Å². The van der Waals surface area contributed by atoms with E-state index in [4.69, 9.17) is 90.3 Å². The summed E-state index contributed by atoms with van der Waals surface area (Å²) in [6, 6.07) is 0. The van der Waals surface area contributed by atoms with Crippen molar-refractivity contribution in [3.63, 3.8) is 0 Å². The fraction of sp³-hybridized carbons (Fsp3) is 0.738. The van der Waals surface area contributed by atoms with E-state index in [9.17, 15) is 47.9 Å². The van der Waals surface area contributed by atoms with Crippen molar-refractivity contribution in [2.24, 2.45) is 0 Å². The molecular weight excluding hydrogens is 1170 g/mol. The van der Waals surface area contributed by atoms with Gasteiger partial charge in [-0.05, 0) is 50.4 Å². The molecule has 0 saturated carbocycles. The maximum Gasteiger partial charge on any atom is 0.308 e. The van der Waals surface area contributed by atoms with Gasteiger partial charge in [0.05, 0.1) is 101 Å². The van der Waals surface area contributed by atoms with Gasteiger partial charge in [-0.3, -0.25) is 47.9 Å². The van der Waals surface area contributed by atoms with Crippen LogP contribution in [0.25, 0.3) is 0 Å². The third kappa shape index (κ3) is 32.9. The fourth-order valence-corrected chi connectivity index (χ4v) is 9.27. The summed E-state index contributed by atoms with van der Waals surface area (Å²) in [4.78, 5) is 116. The lowest BCUT2D eigenvalue weighted by Crippen LogP contribution is -2.61. The fourth-order valence-electron chi connectivity index (χ4n) is 9.27. The monoisotopic (exact) mass is 1270 g/mol. The number of ether oxygens (including phenoxy) is 15. The molecule has 0 radical (unpaired) electrons. The van der Waals surface area contributed by atoms with Crippen LogP contribution in [0, 0.1) is 37.0 Å². The summed E-state index contributed by atoms with van der Waals surface area (Å²) in [7, 11) is 12.1. The molecule has 0 bridgehead atoms. The van der Waals surface area contributed by atoms with Crippen LogP contribution in [-0.4, -0.2) is 261 Å². The zero-order chi connectivity index (χ0) is 67.8. The lowest BCUT2D eigenvalue weighted by Gasteiger charge is -2.43. The first-order chi connectivity index (χ1) is 41.5. The Bertz CT molecular complexity index is 2460. The molecule has 0 unspecified atom stereocenters. The molecular formula is C61H96N3O25+3. The van der Waals surface area contributed by atoms with Gasteiger partial charge in [0.25, 0.3) is 0 Å². The van der Waals surface area contributed by atoms with Gasteiger partial charge in [-0.1, -0.05) is 0 Å². The number of unbranched alkanes of at least 4 members (excludes halogenated alkanes) is 2. The van der Waals surface area contributed by atoms with Gasteiger partial charge < -0.3 is 84.5 Å². The van der Waals surface area contributed by atoms with Gasteiger partial charge in [-0.25, -0.2) is 0 Å². The quantitative estimate of drug-likeness (QED) is 0.0339. The van der Waals surface area contributed by atoms with E-state index in [1.165, 1.54) is 48.5 Å². The van der Waals surface area contributed by atoms with Crippen LogP contribution in [0.5, 0.6) is 0 Å². The molecule has 3 aliphatic rings. The van der Waals surface area contributed by atoms with E-state index in [0.29, 0.717) is 59.3 Å². The second-order valence-electron chi connectivity index (χ2n) is 23.2. The highest BCUT2D eigenvalue weighted by molar-refractivity contribution is 5.71. The maximum atomic E-state index is 12.3. The molecule has 13 atom stereocenters. The number of terminal acetylenes is 3. The molecule has 3 saturated heterocycles. The third-order valence-electron chi connectivity index (χ3n) is 13.1. The number of quaternary nitrogens is 3. The standard InChI is InChI=1S/C21H34NO8.C20H30NO9.C20H32NO8/c1-8-11-22(6,7)12-9-10-13-26-21-20(30-17(5)25)19(29-16(4)24)18(14(2)27-21)28-15(3)23;1-7-10-21(5,6)11-8-9-17(25)30-20-19(29-15(4)24)18(28-14(3)23)16(12-26-20)27-13(2)22;1-7-10-21(5,6)11-8-9-12-25-20-19(29-16(4)24)18(28-15(3)23)17(13-26-20)27-14(2)22/h1,14,18-21H,9-13H2,2-7H3;1,16,18-20H,8-12H2,2-6H3;1,17-20H,8-13H2,2-6H3/q3*+1/t14-,18+,19+,20-,21+;16-,18+,19-,20-;17-,18-,19+,20-/m010/s1. The van der Waals surface area contributed by atoms with E-state index in [1.54, 1.807) is 6.92 Å². The van der Waals surface area contributed by atoms with Crippen LogP contribution >= 0.6 is 0 Å². The Hall–Kier alpha value is -6.94. The van der Waals surface area contributed by atoms with E-state index in [-0.39, 0.29) is 19.6 Å². The SMILES string of the molecule is C#CC[N+](C)(C)CCCC(=O)O[C@H]1OC[C@@H](OC(C)=O)[C@H](OC(C)=O)[C@H]1OC(C)=O.C#CC[N+](C)(C)CCCCO[C@@H]1O[C@@H](C)[C@@H](OC(C)=O)[C@@H](OC(C)=O)[C@@H]1OC(C)=O.C#CC[N+](C)(C)CCCCO[C@H]1OC[C@H](OC(C)=O)[C@H](OC(C)=O)[C@H]1OC(C)=O. The lowest BCUT2D eigenvalue weighted by molar-refractivity contribution is -0.883. The predicted molar refractivity (Wildman–Crippen MR) is 312 cm³/mol. The zero-order valence-electron chi connectivity index (χ0n) is 54.6. The Morgan fingerprint density at radius 2 is 0.685 bits per heavy atom. The normalized spacial score (nSPS) is 24.8. The molecule has 3 heterocycles. The van der Waals surface area contributed by atoms with E-state index in [0.717, 1.165) is 52.6 Å². The molecule has 0 amide bonds. The van der Waals surface area contributed by atoms with E-state index >= 15 is 0 Å². The average Bonchev–Trinajstić information content (AvgIpc) is 0.901. The van der Waals surface area contributed by atoms with Crippen molar-refractivity contribution in [1.29, 1.82) is 0 Å². The molecule has 0 spiro atoms. The summed E-state index contributed by atoms with van der Waals surface area (Å²) < 4.78 is 82.9. The number of nitrogens with zero attached hydrogens (tertiary/aromatic N) is 3. The summed E-state index contributed by atoms with van der Waals surface area (Å²) in [6.07, 6.45) is 6.54. The predicted octanol–water partition coefficient (Wildman–Crippen LogP) is 1.85. The molecule has 28 nitrogen and oxygen atoms in total. The highest BCUT2D eigenvalue weighted by atomic mass is 16.8. The molecule has 0 aromatic heterocycles. The van der Waals surface area contributed by atoms with Crippen molar-refractivity contribution in [1.82, 2.24) is 0 Å². The Kier molecular flexibility index (Phi) is 35.9. The molecule has 0 aromatic rings. The molecule has 28 heteroatoms. The Morgan fingerprint density at radius 1 is 0.382 bits per heavy atom. The number of carbonyl (C=O) groups is 10. The Balaban J connectivity index is 0.000000668. The van der Waals surface area contributed by atoms with Gasteiger partial charge in [-0.2, -0.15) is 0 Å². The number of esters is 10. The molecule has 3 fully saturated rings. The largest absolute Gasteiger partial charge is 0.456 e. The van der Waals surface area contributed by atoms with E-state index < -0.39 is 140 Å². The van der Waals surface area contributed by atoms with Crippen LogP contribution in [0.1, 0.15) is 108 Å². The molecule has 0 aliphatic carbocycles. The van der Waals surface area contributed by atoms with E-state index in [1.807, 2.05) is 14.1 Å². The van der Waals surface area contributed by atoms with Crippen molar-refractivity contribution >= 4 is 59.7 Å². The minimum absolute atomic E-state index is 0.0496. The van der Waals surface area contributed by atoms with Gasteiger partial charge in [-0.15, -0.1) is 19.3 Å². The Labute approximate surface area is 523 Å². The first-order valence-corrected chi connectivity index (χ1v) is 29.1. The second-order valence-corrected chi connectivity index (χ2v) is 23.2. The van der Waals surface area contributed by atoms with Crippen LogP contribution in [0.4, 0.5) is 0 Å². The molecule has 89 heavy (non-hydrogen) atoms. The van der Waals surface area contributed by atoms with Crippen molar-refractivity contribution in [3.05, 3.63) is 0 Å². The molecule has 0 aromatic carbocycles. The number of hydrogen-bond acceptors (Lipinski definition) is 25. The van der Waals surface area contributed by atoms with Crippen LogP contribution in [-0.2, 0) is 119 Å². The first kappa shape index (κ1) is 80.1. The van der Waals surface area contributed by atoms with Crippen molar-refractivity contribution in [3.8, 4) is 37.0 Å². The van der Waals surface area contributed by atoms with Crippen LogP contribution in [0.2, 0.25) is 0 Å². The molecule has 3 aliphatic heterocycles. The highest BCUT2D eigenvalue weighted by Crippen LogP contribution is 2.31. The number of rotatable bonds is 29. The van der Waals surface area contributed by atoms with Gasteiger partial charge in [0.2, 0.25) is 12.4 Å². The zero-order valence-corrected chi connectivity index (χ0v) is 54.6. The van der Waals surface area contributed by atoms with E-state index in [2.05, 4.69) is 46.0 Å². The van der Waals surface area contributed by atoms with Crippen LogP contribution in [0.15, 0.2) is 0 Å². The van der Waals surface area contributed by atoms with Crippen LogP contribution in [0.3, 0.4) is 0 Å². The molecule has 3 rings (SSSR count). The van der Waals surface area contributed by atoms with Crippen LogP contribution < -0.4 is 0 Å². The third-order valence-corrected chi connectivity index (χ3v) is 13.1. The van der Waals surface area contributed by atoms with Gasteiger partial charge in [0.15, 0.2) is 61.4 Å². The van der Waals surface area contributed by atoms with Gasteiger partial charge in [0, 0.05) is 68.7 Å². The minimum atomic E-state index is -1.31. The summed E-state index contributed by atoms with van der Waals surface area (Å²) in [5.74, 6) is 1.77. The number of hydrogen-bond donors (Lipinski definition) is 0. The topological polar surface area (TPSA) is 309 Å². The minimum Gasteiger partial charge on any atom is -0.456 e. The lowest BCUT2D eigenvalue weighted by atomic mass is 9.99. The maximum absolute atomic E-state index is 12.3. The summed E-state index contributed by atoms with van der Waals surface area (Å²) >= 11 is 0. The van der Waals surface area contributed by atoms with Crippen molar-refractivity contribution in [2.75, 3.05) is 108 Å². The molecule has 502 valence electrons. The van der Waals surface area contributed by atoms with Crippen molar-refractivity contribution < 1.29 is 132 Å². The summed E-state index contributed by atoms with van der Waals surface area (Å²) in [6.45, 7) is 17.2. The second kappa shape index (κ2) is 39.9. The smallest absolute Gasteiger partial charge is 0.308 e. The summed E-state index contributed by atoms with van der Waals surface area (Å²) in [5.41, 5.74) is 0. The Morgan fingerprint density at radius 3 is 1.06 bits per heavy atom. The number of carbonyl (C=O) groups excluding carboxylic acids is 10. The highest BCUT2D eigenvalue weighted by Gasteiger charge is 2.52. The van der Waals surface area contributed by atoms with Crippen molar-refractivity contribution in [2.45, 2.75) is 188 Å². The molecule has 0 N–H and O–H groups in total. The summed E-state index contributed by atoms with van der Waals surface area (Å²) in [5, 5.41) is 0. The first-order valence-electron chi connectivity index (χ1n) is 29.1. The van der Waals surface area contributed by atoms with Gasteiger partial charge in [0.1, 0.15) is 19.6 Å². The average molecular weight is 1270 g/mol.